The van der Waals surface area contributed by atoms with Gasteiger partial charge in [0.15, 0.2) is 4.96 Å². The summed E-state index contributed by atoms with van der Waals surface area (Å²) in [6.07, 6.45) is 1.44. The van der Waals surface area contributed by atoms with E-state index < -0.39 is 11.8 Å². The number of fused-ring (bicyclic) bond motifs is 3. The minimum absolute atomic E-state index is 0.0806. The summed E-state index contributed by atoms with van der Waals surface area (Å²) in [6, 6.07) is 6.58. The van der Waals surface area contributed by atoms with Gasteiger partial charge in [-0.15, -0.1) is 0 Å². The van der Waals surface area contributed by atoms with Crippen molar-refractivity contribution in [1.82, 2.24) is 9.38 Å². The number of hydrogen-bond acceptors (Lipinski definition) is 6. The molecular formula is C16H11N3O4S. The molecule has 0 aliphatic carbocycles. The van der Waals surface area contributed by atoms with Crippen molar-refractivity contribution in [3.63, 3.8) is 0 Å². The van der Waals surface area contributed by atoms with Crippen LogP contribution < -0.4 is 15.2 Å². The Morgan fingerprint density at radius 1 is 1.08 bits per heavy atom. The number of methoxy groups -OCH3 is 1. The minimum Gasteiger partial charge on any atom is -0.497 e. The van der Waals surface area contributed by atoms with Crippen LogP contribution in [0.15, 0.2) is 35.3 Å². The lowest BCUT2D eigenvalue weighted by Gasteiger charge is -2.14. The Morgan fingerprint density at radius 2 is 1.79 bits per heavy atom. The van der Waals surface area contributed by atoms with Crippen LogP contribution in [-0.2, 0) is 0 Å². The zero-order valence-electron chi connectivity index (χ0n) is 12.8. The van der Waals surface area contributed by atoms with E-state index in [1.807, 2.05) is 0 Å². The molecule has 0 unspecified atom stereocenters. The fourth-order valence-corrected chi connectivity index (χ4v) is 3.65. The SMILES string of the molecule is COc1ccc(N2C(=O)c3sc4ncc(C)c(=O)n4c3C2=O)cc1. The van der Waals surface area contributed by atoms with Crippen LogP contribution in [0.4, 0.5) is 5.69 Å². The number of hydrogen-bond donors (Lipinski definition) is 0. The quantitative estimate of drug-likeness (QED) is 0.665. The molecule has 24 heavy (non-hydrogen) atoms. The van der Waals surface area contributed by atoms with Gasteiger partial charge in [-0.05, 0) is 31.2 Å². The van der Waals surface area contributed by atoms with Crippen molar-refractivity contribution in [2.24, 2.45) is 0 Å². The molecule has 0 saturated heterocycles. The number of carbonyl (C=O) groups excluding carboxylic acids is 2. The van der Waals surface area contributed by atoms with Crippen molar-refractivity contribution >= 4 is 33.8 Å². The lowest BCUT2D eigenvalue weighted by atomic mass is 10.3. The summed E-state index contributed by atoms with van der Waals surface area (Å²) in [5, 5.41) is 0. The zero-order valence-corrected chi connectivity index (χ0v) is 13.6. The third-order valence-electron chi connectivity index (χ3n) is 3.87. The third kappa shape index (κ3) is 1.83. The van der Waals surface area contributed by atoms with Gasteiger partial charge in [0.05, 0.1) is 12.8 Å². The van der Waals surface area contributed by atoms with Crippen molar-refractivity contribution in [2.75, 3.05) is 12.0 Å². The van der Waals surface area contributed by atoms with E-state index in [0.29, 0.717) is 22.0 Å². The van der Waals surface area contributed by atoms with Gasteiger partial charge in [-0.2, -0.15) is 0 Å². The zero-order chi connectivity index (χ0) is 17.0. The maximum Gasteiger partial charge on any atom is 0.284 e. The number of imide groups is 1. The van der Waals surface area contributed by atoms with E-state index in [4.69, 9.17) is 4.74 Å². The Morgan fingerprint density at radius 3 is 2.46 bits per heavy atom. The summed E-state index contributed by atoms with van der Waals surface area (Å²) in [6.45, 7) is 1.62. The molecule has 7 nitrogen and oxygen atoms in total. The molecule has 8 heteroatoms. The van der Waals surface area contributed by atoms with Crippen molar-refractivity contribution in [3.05, 3.63) is 57.0 Å². The summed E-state index contributed by atoms with van der Waals surface area (Å²) in [5.74, 6) is -0.359. The Bertz CT molecular complexity index is 1070. The number of carbonyl (C=O) groups is 2. The van der Waals surface area contributed by atoms with E-state index in [1.54, 1.807) is 31.2 Å². The topological polar surface area (TPSA) is 81.0 Å². The number of amides is 2. The van der Waals surface area contributed by atoms with Gasteiger partial charge in [-0.3, -0.25) is 14.4 Å². The van der Waals surface area contributed by atoms with Crippen molar-refractivity contribution < 1.29 is 14.3 Å². The molecule has 2 amide bonds. The van der Waals surface area contributed by atoms with E-state index >= 15 is 0 Å². The van der Waals surface area contributed by atoms with Crippen molar-refractivity contribution in [1.29, 1.82) is 0 Å². The highest BCUT2D eigenvalue weighted by Crippen LogP contribution is 2.33. The summed E-state index contributed by atoms with van der Waals surface area (Å²) in [5.41, 5.74) is 0.583. The summed E-state index contributed by atoms with van der Waals surface area (Å²) in [4.78, 5) is 43.6. The highest BCUT2D eigenvalue weighted by Gasteiger charge is 2.41. The second kappa shape index (κ2) is 5.00. The Labute approximate surface area is 139 Å². The minimum atomic E-state index is -0.527. The number of rotatable bonds is 2. The number of thiazole rings is 1. The van der Waals surface area contributed by atoms with Crippen LogP contribution in [0.5, 0.6) is 5.75 Å². The molecule has 120 valence electrons. The highest BCUT2D eigenvalue weighted by atomic mass is 32.1. The van der Waals surface area contributed by atoms with E-state index in [0.717, 1.165) is 16.2 Å². The molecule has 3 heterocycles. The molecule has 2 aromatic heterocycles. The molecule has 0 atom stereocenters. The van der Waals surface area contributed by atoms with Gasteiger partial charge >= 0.3 is 0 Å². The average Bonchev–Trinajstić information content (AvgIpc) is 3.08. The van der Waals surface area contributed by atoms with E-state index in [1.165, 1.54) is 17.7 Å². The molecule has 0 N–H and O–H groups in total. The standard InChI is InChI=1S/C16H11N3O4S/c1-8-7-17-16-19(13(8)20)11-12(24-16)15(22)18(14(11)21)9-3-5-10(23-2)6-4-9/h3-7H,1-2H3. The smallest absolute Gasteiger partial charge is 0.284 e. The normalized spacial score (nSPS) is 13.7. The number of anilines is 1. The number of aromatic nitrogens is 2. The molecule has 0 fully saturated rings. The molecule has 1 aromatic carbocycles. The first-order valence-electron chi connectivity index (χ1n) is 7.07. The van der Waals surface area contributed by atoms with Crippen LogP contribution in [-0.4, -0.2) is 28.3 Å². The fraction of sp³-hybridized carbons (Fsp3) is 0.125. The van der Waals surface area contributed by atoms with Crippen LogP contribution in [0.25, 0.3) is 4.96 Å². The van der Waals surface area contributed by atoms with Gasteiger partial charge in [0, 0.05) is 11.8 Å². The number of aryl methyl sites for hydroxylation is 1. The maximum absolute atomic E-state index is 12.8. The first kappa shape index (κ1) is 14.6. The predicted octanol–water partition coefficient (Wildman–Crippen LogP) is 1.87. The monoisotopic (exact) mass is 341 g/mol. The largest absolute Gasteiger partial charge is 0.497 e. The molecule has 4 rings (SSSR count). The fourth-order valence-electron chi connectivity index (χ4n) is 2.64. The average molecular weight is 341 g/mol. The number of ether oxygens (including phenoxy) is 1. The molecule has 1 aliphatic rings. The molecule has 1 aliphatic heterocycles. The van der Waals surface area contributed by atoms with Gasteiger partial charge in [0.2, 0.25) is 0 Å². The van der Waals surface area contributed by atoms with Gasteiger partial charge in [0.1, 0.15) is 16.3 Å². The van der Waals surface area contributed by atoms with Gasteiger partial charge in [0.25, 0.3) is 17.4 Å². The van der Waals surface area contributed by atoms with Gasteiger partial charge in [-0.1, -0.05) is 11.3 Å². The van der Waals surface area contributed by atoms with Crippen LogP contribution >= 0.6 is 11.3 Å². The van der Waals surface area contributed by atoms with Gasteiger partial charge < -0.3 is 4.74 Å². The summed E-state index contributed by atoms with van der Waals surface area (Å²) < 4.78 is 6.30. The van der Waals surface area contributed by atoms with Crippen LogP contribution in [0.1, 0.15) is 25.7 Å². The molecule has 3 aromatic rings. The van der Waals surface area contributed by atoms with E-state index in [2.05, 4.69) is 4.98 Å². The number of nitrogens with zero attached hydrogens (tertiary/aromatic N) is 3. The Balaban J connectivity index is 1.89. The lowest BCUT2D eigenvalue weighted by Crippen LogP contribution is -2.31. The molecule has 0 bridgehead atoms. The van der Waals surface area contributed by atoms with E-state index in [-0.39, 0.29) is 16.1 Å². The Kier molecular flexibility index (Phi) is 3.04. The van der Waals surface area contributed by atoms with Crippen LogP contribution in [0, 0.1) is 6.92 Å². The van der Waals surface area contributed by atoms with E-state index in [9.17, 15) is 14.4 Å². The molecule has 0 radical (unpaired) electrons. The van der Waals surface area contributed by atoms with Crippen molar-refractivity contribution in [3.8, 4) is 5.75 Å². The summed E-state index contributed by atoms with van der Waals surface area (Å²) in [7, 11) is 1.53. The van der Waals surface area contributed by atoms with Crippen LogP contribution in [0.3, 0.4) is 0 Å². The predicted molar refractivity (Wildman–Crippen MR) is 88.2 cm³/mol. The van der Waals surface area contributed by atoms with Gasteiger partial charge in [-0.25, -0.2) is 14.3 Å². The molecule has 0 saturated carbocycles. The number of benzene rings is 1. The first-order valence-corrected chi connectivity index (χ1v) is 7.88. The first-order chi connectivity index (χ1) is 11.5. The Hall–Kier alpha value is -3.00. The molecule has 0 spiro atoms. The second-order valence-electron chi connectivity index (χ2n) is 5.29. The maximum atomic E-state index is 12.8. The molecular weight excluding hydrogens is 330 g/mol. The lowest BCUT2D eigenvalue weighted by molar-refractivity contribution is 0.0925. The highest BCUT2D eigenvalue weighted by molar-refractivity contribution is 7.19. The summed E-state index contributed by atoms with van der Waals surface area (Å²) >= 11 is 1.04. The second-order valence-corrected chi connectivity index (χ2v) is 6.27. The van der Waals surface area contributed by atoms with Crippen LogP contribution in [0.2, 0.25) is 0 Å². The third-order valence-corrected chi connectivity index (χ3v) is 4.91. The van der Waals surface area contributed by atoms with Crippen molar-refractivity contribution in [2.45, 2.75) is 6.92 Å².